The fourth-order valence-corrected chi connectivity index (χ4v) is 1.69. The molecular formula is C12H10N4O2. The molecule has 0 aliphatic carbocycles. The summed E-state index contributed by atoms with van der Waals surface area (Å²) in [7, 11) is 0. The first-order chi connectivity index (χ1) is 8.72. The summed E-state index contributed by atoms with van der Waals surface area (Å²) in [5, 5.41) is 6.36. The lowest BCUT2D eigenvalue weighted by atomic mass is 10.2. The van der Waals surface area contributed by atoms with Gasteiger partial charge in [0.2, 0.25) is 0 Å². The number of amides is 1. The van der Waals surface area contributed by atoms with Crippen molar-refractivity contribution in [1.82, 2.24) is 15.1 Å². The highest BCUT2D eigenvalue weighted by Gasteiger charge is 2.09. The second-order valence-corrected chi connectivity index (χ2v) is 3.91. The van der Waals surface area contributed by atoms with E-state index in [4.69, 9.17) is 4.52 Å². The van der Waals surface area contributed by atoms with Crippen LogP contribution in [0, 0.1) is 6.92 Å². The summed E-state index contributed by atoms with van der Waals surface area (Å²) in [6, 6.07) is 6.90. The molecule has 1 aromatic carbocycles. The van der Waals surface area contributed by atoms with E-state index in [1.165, 1.54) is 0 Å². The van der Waals surface area contributed by atoms with Crippen LogP contribution in [-0.2, 0) is 0 Å². The molecular weight excluding hydrogens is 232 g/mol. The SMILES string of the molecule is Cc1cc(NC(=O)c2ccc3nc[nH]c3c2)no1. The predicted octanol–water partition coefficient (Wildman–Crippen LogP) is 2.11. The first-order valence-corrected chi connectivity index (χ1v) is 5.40. The number of anilines is 1. The highest BCUT2D eigenvalue weighted by atomic mass is 16.5. The normalized spacial score (nSPS) is 10.7. The zero-order valence-corrected chi connectivity index (χ0v) is 9.60. The van der Waals surface area contributed by atoms with Gasteiger partial charge in [0, 0.05) is 11.6 Å². The lowest BCUT2D eigenvalue weighted by Gasteiger charge is -2.00. The zero-order valence-electron chi connectivity index (χ0n) is 9.60. The largest absolute Gasteiger partial charge is 0.360 e. The molecule has 0 aliphatic rings. The number of hydrogen-bond donors (Lipinski definition) is 2. The number of nitrogens with zero attached hydrogens (tertiary/aromatic N) is 2. The number of carbonyl (C=O) groups excluding carboxylic acids is 1. The highest BCUT2D eigenvalue weighted by molar-refractivity contribution is 6.05. The minimum absolute atomic E-state index is 0.236. The number of fused-ring (bicyclic) bond motifs is 1. The van der Waals surface area contributed by atoms with E-state index in [0.29, 0.717) is 17.1 Å². The first-order valence-electron chi connectivity index (χ1n) is 5.40. The van der Waals surface area contributed by atoms with Gasteiger partial charge >= 0.3 is 0 Å². The van der Waals surface area contributed by atoms with Gasteiger partial charge in [-0.05, 0) is 25.1 Å². The van der Waals surface area contributed by atoms with E-state index in [1.54, 1.807) is 37.5 Å². The molecule has 90 valence electrons. The summed E-state index contributed by atoms with van der Waals surface area (Å²) < 4.78 is 4.88. The summed E-state index contributed by atoms with van der Waals surface area (Å²) in [6.45, 7) is 1.76. The van der Waals surface area contributed by atoms with E-state index in [1.807, 2.05) is 0 Å². The number of imidazole rings is 1. The van der Waals surface area contributed by atoms with E-state index in [9.17, 15) is 4.79 Å². The van der Waals surface area contributed by atoms with Gasteiger partial charge in [-0.1, -0.05) is 5.16 Å². The number of aryl methyl sites for hydroxylation is 1. The van der Waals surface area contributed by atoms with Gasteiger partial charge in [-0.15, -0.1) is 0 Å². The maximum absolute atomic E-state index is 12.0. The number of H-pyrrole nitrogens is 1. The van der Waals surface area contributed by atoms with Crippen LogP contribution in [-0.4, -0.2) is 21.0 Å². The van der Waals surface area contributed by atoms with E-state index in [-0.39, 0.29) is 5.91 Å². The van der Waals surface area contributed by atoms with Gasteiger partial charge < -0.3 is 14.8 Å². The molecule has 0 saturated heterocycles. The van der Waals surface area contributed by atoms with Crippen molar-refractivity contribution in [3.8, 4) is 0 Å². The minimum Gasteiger partial charge on any atom is -0.360 e. The third kappa shape index (κ3) is 1.84. The Morgan fingerprint density at radius 3 is 3.06 bits per heavy atom. The summed E-state index contributed by atoms with van der Waals surface area (Å²) >= 11 is 0. The Morgan fingerprint density at radius 1 is 1.39 bits per heavy atom. The van der Waals surface area contributed by atoms with Crippen molar-refractivity contribution in [2.75, 3.05) is 5.32 Å². The summed E-state index contributed by atoms with van der Waals surface area (Å²) in [6.07, 6.45) is 1.59. The van der Waals surface area contributed by atoms with Crippen molar-refractivity contribution in [2.45, 2.75) is 6.92 Å². The Hall–Kier alpha value is -2.63. The van der Waals surface area contributed by atoms with Gasteiger partial charge in [-0.25, -0.2) is 4.98 Å². The standard InChI is InChI=1S/C12H10N4O2/c1-7-4-11(16-18-7)15-12(17)8-2-3-9-10(5-8)14-6-13-9/h2-6H,1H3,(H,13,14)(H,15,16,17). The summed E-state index contributed by atoms with van der Waals surface area (Å²) in [5.41, 5.74) is 2.18. The molecule has 2 N–H and O–H groups in total. The van der Waals surface area contributed by atoms with Crippen LogP contribution in [0.5, 0.6) is 0 Å². The Bertz CT molecular complexity index is 714. The van der Waals surface area contributed by atoms with E-state index in [0.717, 1.165) is 11.0 Å². The second-order valence-electron chi connectivity index (χ2n) is 3.91. The summed E-state index contributed by atoms with van der Waals surface area (Å²) in [5.74, 6) is 0.816. The van der Waals surface area contributed by atoms with E-state index in [2.05, 4.69) is 20.4 Å². The van der Waals surface area contributed by atoms with Crippen LogP contribution in [0.4, 0.5) is 5.82 Å². The number of rotatable bonds is 2. The number of aromatic amines is 1. The number of nitrogens with one attached hydrogen (secondary N) is 2. The van der Waals surface area contributed by atoms with Gasteiger partial charge in [0.1, 0.15) is 5.76 Å². The first kappa shape index (κ1) is 10.5. The van der Waals surface area contributed by atoms with E-state index >= 15 is 0 Å². The predicted molar refractivity (Wildman–Crippen MR) is 65.3 cm³/mol. The third-order valence-corrected chi connectivity index (χ3v) is 2.55. The van der Waals surface area contributed by atoms with E-state index < -0.39 is 0 Å². The van der Waals surface area contributed by atoms with Gasteiger partial charge in [0.25, 0.3) is 5.91 Å². The molecule has 1 amide bonds. The molecule has 0 spiro atoms. The van der Waals surface area contributed by atoms with Crippen LogP contribution in [0.15, 0.2) is 35.1 Å². The number of carbonyl (C=O) groups is 1. The lowest BCUT2D eigenvalue weighted by molar-refractivity contribution is 0.102. The number of benzene rings is 1. The smallest absolute Gasteiger partial charge is 0.256 e. The van der Waals surface area contributed by atoms with Crippen LogP contribution in [0.2, 0.25) is 0 Å². The van der Waals surface area contributed by atoms with Crippen molar-refractivity contribution >= 4 is 22.8 Å². The minimum atomic E-state index is -0.236. The monoisotopic (exact) mass is 242 g/mol. The maximum atomic E-state index is 12.0. The van der Waals surface area contributed by atoms with Crippen molar-refractivity contribution in [1.29, 1.82) is 0 Å². The quantitative estimate of drug-likeness (QED) is 0.720. The van der Waals surface area contributed by atoms with Crippen LogP contribution in [0.1, 0.15) is 16.1 Å². The molecule has 2 heterocycles. The Labute approximate surface area is 102 Å². The number of hydrogen-bond acceptors (Lipinski definition) is 4. The zero-order chi connectivity index (χ0) is 12.5. The van der Waals surface area contributed by atoms with Gasteiger partial charge in [-0.3, -0.25) is 4.79 Å². The highest BCUT2D eigenvalue weighted by Crippen LogP contribution is 2.14. The fourth-order valence-electron chi connectivity index (χ4n) is 1.69. The van der Waals surface area contributed by atoms with Crippen LogP contribution in [0.3, 0.4) is 0 Å². The molecule has 0 saturated carbocycles. The number of aromatic nitrogens is 3. The van der Waals surface area contributed by atoms with Crippen molar-refractivity contribution in [2.24, 2.45) is 0 Å². The third-order valence-electron chi connectivity index (χ3n) is 2.55. The Kier molecular flexibility index (Phi) is 2.33. The van der Waals surface area contributed by atoms with Crippen molar-refractivity contribution < 1.29 is 9.32 Å². The molecule has 0 aliphatic heterocycles. The summed E-state index contributed by atoms with van der Waals surface area (Å²) in [4.78, 5) is 19.0. The Morgan fingerprint density at radius 2 is 2.28 bits per heavy atom. The van der Waals surface area contributed by atoms with Crippen molar-refractivity contribution in [3.63, 3.8) is 0 Å². The molecule has 3 aromatic rings. The average molecular weight is 242 g/mol. The maximum Gasteiger partial charge on any atom is 0.256 e. The molecule has 0 unspecified atom stereocenters. The molecule has 0 atom stereocenters. The van der Waals surface area contributed by atoms with Crippen LogP contribution >= 0.6 is 0 Å². The van der Waals surface area contributed by atoms with Gasteiger partial charge in [-0.2, -0.15) is 0 Å². The second kappa shape index (κ2) is 3.99. The topological polar surface area (TPSA) is 83.8 Å². The van der Waals surface area contributed by atoms with Crippen molar-refractivity contribution in [3.05, 3.63) is 41.9 Å². The molecule has 0 bridgehead atoms. The molecule has 2 aromatic heterocycles. The van der Waals surface area contributed by atoms with Gasteiger partial charge in [0.05, 0.1) is 17.4 Å². The molecule has 6 heteroatoms. The van der Waals surface area contributed by atoms with Crippen LogP contribution in [0.25, 0.3) is 11.0 Å². The molecule has 0 fully saturated rings. The fraction of sp³-hybridized carbons (Fsp3) is 0.0833. The Balaban J connectivity index is 1.87. The molecule has 3 rings (SSSR count). The van der Waals surface area contributed by atoms with Crippen LogP contribution < -0.4 is 5.32 Å². The lowest BCUT2D eigenvalue weighted by Crippen LogP contribution is -2.11. The van der Waals surface area contributed by atoms with Gasteiger partial charge in [0.15, 0.2) is 5.82 Å². The average Bonchev–Trinajstić information content (AvgIpc) is 2.96. The molecule has 0 radical (unpaired) electrons. The molecule has 6 nitrogen and oxygen atoms in total. The molecule has 18 heavy (non-hydrogen) atoms.